The first-order chi connectivity index (χ1) is 8.31. The molecule has 1 aromatic rings. The monoisotopic (exact) mass is 266 g/mol. The van der Waals surface area contributed by atoms with Crippen LogP contribution in [0.15, 0.2) is 18.2 Å². The van der Waals surface area contributed by atoms with Gasteiger partial charge in [-0.15, -0.1) is 13.2 Å². The van der Waals surface area contributed by atoms with Gasteiger partial charge in [0.25, 0.3) is 0 Å². The van der Waals surface area contributed by atoms with Gasteiger partial charge in [-0.1, -0.05) is 6.07 Å². The van der Waals surface area contributed by atoms with Gasteiger partial charge in [-0.2, -0.15) is 0 Å². The largest absolute Gasteiger partial charge is 0.573 e. The normalized spacial score (nSPS) is 11.2. The lowest BCUT2D eigenvalue weighted by atomic mass is 10.1. The summed E-state index contributed by atoms with van der Waals surface area (Å²) in [6.07, 6.45) is -5.05. The maximum absolute atomic E-state index is 12.8. The minimum Gasteiger partial charge on any atom is -0.469 e. The number of methoxy groups -OCH3 is 1. The van der Waals surface area contributed by atoms with Crippen molar-refractivity contribution in [2.45, 2.75) is 19.2 Å². The van der Waals surface area contributed by atoms with Crippen molar-refractivity contribution < 1.29 is 31.8 Å². The van der Waals surface area contributed by atoms with Gasteiger partial charge < -0.3 is 9.47 Å². The van der Waals surface area contributed by atoms with Crippen molar-refractivity contribution in [2.75, 3.05) is 7.11 Å². The van der Waals surface area contributed by atoms with Crippen molar-refractivity contribution >= 4 is 5.97 Å². The fourth-order valence-corrected chi connectivity index (χ4v) is 1.29. The van der Waals surface area contributed by atoms with Crippen LogP contribution in [-0.2, 0) is 16.0 Å². The predicted molar refractivity (Wildman–Crippen MR) is 53.4 cm³/mol. The third-order valence-corrected chi connectivity index (χ3v) is 2.08. The summed E-state index contributed by atoms with van der Waals surface area (Å²) in [5.74, 6) is -2.07. The molecular weight excluding hydrogens is 256 g/mol. The third kappa shape index (κ3) is 4.60. The molecule has 0 amide bonds. The molecule has 0 fully saturated rings. The second-order valence-corrected chi connectivity index (χ2v) is 3.38. The number of alkyl halides is 3. The number of benzene rings is 1. The average Bonchev–Trinajstić information content (AvgIpc) is 2.25. The topological polar surface area (TPSA) is 35.5 Å². The molecule has 0 unspecified atom stereocenters. The van der Waals surface area contributed by atoms with E-state index >= 15 is 0 Å². The first-order valence-electron chi connectivity index (χ1n) is 4.93. The molecule has 100 valence electrons. The Labute approximate surface area is 100 Å². The van der Waals surface area contributed by atoms with Crippen molar-refractivity contribution in [3.05, 3.63) is 29.6 Å². The van der Waals surface area contributed by atoms with E-state index in [1.807, 2.05) is 0 Å². The molecule has 1 rings (SSSR count). The van der Waals surface area contributed by atoms with E-state index in [1.54, 1.807) is 0 Å². The molecule has 0 saturated heterocycles. The quantitative estimate of drug-likeness (QED) is 0.621. The summed E-state index contributed by atoms with van der Waals surface area (Å²) in [4.78, 5) is 10.9. The minimum absolute atomic E-state index is 0.0294. The molecule has 0 aromatic heterocycles. The Morgan fingerprint density at radius 1 is 1.33 bits per heavy atom. The van der Waals surface area contributed by atoms with E-state index in [4.69, 9.17) is 0 Å². The van der Waals surface area contributed by atoms with Gasteiger partial charge in [-0.05, 0) is 18.1 Å². The summed E-state index contributed by atoms with van der Waals surface area (Å²) in [7, 11) is 1.17. The summed E-state index contributed by atoms with van der Waals surface area (Å²) in [5.41, 5.74) is 0.0825. The first-order valence-corrected chi connectivity index (χ1v) is 4.93. The van der Waals surface area contributed by atoms with Crippen LogP contribution in [0.2, 0.25) is 0 Å². The van der Waals surface area contributed by atoms with Crippen LogP contribution in [-0.4, -0.2) is 19.4 Å². The maximum Gasteiger partial charge on any atom is 0.573 e. The zero-order valence-corrected chi connectivity index (χ0v) is 9.38. The fourth-order valence-electron chi connectivity index (χ4n) is 1.29. The first kappa shape index (κ1) is 14.3. The van der Waals surface area contributed by atoms with Gasteiger partial charge >= 0.3 is 12.3 Å². The van der Waals surface area contributed by atoms with E-state index < -0.39 is 23.9 Å². The van der Waals surface area contributed by atoms with Crippen LogP contribution in [0.3, 0.4) is 0 Å². The molecule has 0 atom stereocenters. The van der Waals surface area contributed by atoms with Crippen molar-refractivity contribution in [2.24, 2.45) is 0 Å². The number of carbonyl (C=O) groups excluding carboxylic acids is 1. The number of rotatable bonds is 4. The molecule has 0 aliphatic heterocycles. The molecule has 0 bridgehead atoms. The van der Waals surface area contributed by atoms with E-state index in [9.17, 15) is 22.4 Å². The van der Waals surface area contributed by atoms with E-state index in [0.717, 1.165) is 12.1 Å². The molecule has 0 aliphatic rings. The molecule has 18 heavy (non-hydrogen) atoms. The number of hydrogen-bond donors (Lipinski definition) is 0. The highest BCUT2D eigenvalue weighted by Gasteiger charge is 2.32. The summed E-state index contributed by atoms with van der Waals surface area (Å²) < 4.78 is 57.1. The smallest absolute Gasteiger partial charge is 0.469 e. The Balaban J connectivity index is 2.86. The van der Waals surface area contributed by atoms with E-state index in [-0.39, 0.29) is 18.4 Å². The molecule has 0 saturated carbocycles. The molecular formula is C11H10F4O3. The van der Waals surface area contributed by atoms with Crippen LogP contribution in [0.5, 0.6) is 5.75 Å². The van der Waals surface area contributed by atoms with Crippen LogP contribution in [0, 0.1) is 5.82 Å². The Hall–Kier alpha value is -1.79. The average molecular weight is 266 g/mol. The predicted octanol–water partition coefficient (Wildman–Crippen LogP) is 2.83. The van der Waals surface area contributed by atoms with Crippen LogP contribution >= 0.6 is 0 Å². The number of carbonyl (C=O) groups is 1. The van der Waals surface area contributed by atoms with Crippen LogP contribution < -0.4 is 4.74 Å². The molecule has 0 radical (unpaired) electrons. The van der Waals surface area contributed by atoms with Gasteiger partial charge in [0.1, 0.15) is 11.6 Å². The standard InChI is InChI=1S/C11H10F4O3/c1-17-10(16)5-3-7-2-4-8(12)6-9(7)18-11(13,14)15/h2,4,6H,3,5H2,1H3. The second kappa shape index (κ2) is 5.70. The van der Waals surface area contributed by atoms with Crippen LogP contribution in [0.1, 0.15) is 12.0 Å². The molecule has 1 aromatic carbocycles. The lowest BCUT2D eigenvalue weighted by Gasteiger charge is -2.13. The van der Waals surface area contributed by atoms with Gasteiger partial charge in [-0.25, -0.2) is 4.39 Å². The number of halogens is 4. The fraction of sp³-hybridized carbons (Fsp3) is 0.364. The summed E-state index contributed by atoms with van der Waals surface area (Å²) in [6, 6.07) is 2.76. The zero-order chi connectivity index (χ0) is 13.8. The van der Waals surface area contributed by atoms with Gasteiger partial charge in [0.2, 0.25) is 0 Å². The van der Waals surface area contributed by atoms with Gasteiger partial charge in [0.15, 0.2) is 0 Å². The van der Waals surface area contributed by atoms with Crippen molar-refractivity contribution in [3.8, 4) is 5.75 Å². The third-order valence-electron chi connectivity index (χ3n) is 2.08. The lowest BCUT2D eigenvalue weighted by molar-refractivity contribution is -0.274. The lowest BCUT2D eigenvalue weighted by Crippen LogP contribution is -2.18. The molecule has 0 heterocycles. The molecule has 0 aliphatic carbocycles. The molecule has 7 heteroatoms. The highest BCUT2D eigenvalue weighted by molar-refractivity contribution is 5.69. The Kier molecular flexibility index (Phi) is 4.52. The Morgan fingerprint density at radius 2 is 2.00 bits per heavy atom. The van der Waals surface area contributed by atoms with Gasteiger partial charge in [-0.3, -0.25) is 4.79 Å². The highest BCUT2D eigenvalue weighted by atomic mass is 19.4. The summed E-state index contributed by atoms with van der Waals surface area (Å²) in [5, 5.41) is 0. The van der Waals surface area contributed by atoms with E-state index in [0.29, 0.717) is 6.07 Å². The maximum atomic E-state index is 12.8. The minimum atomic E-state index is -4.91. The Morgan fingerprint density at radius 3 is 2.56 bits per heavy atom. The van der Waals surface area contributed by atoms with Crippen LogP contribution in [0.4, 0.5) is 17.6 Å². The number of hydrogen-bond acceptors (Lipinski definition) is 3. The molecule has 0 N–H and O–H groups in total. The number of esters is 1. The van der Waals surface area contributed by atoms with Crippen molar-refractivity contribution in [1.29, 1.82) is 0 Å². The van der Waals surface area contributed by atoms with Gasteiger partial charge in [0.05, 0.1) is 7.11 Å². The SMILES string of the molecule is COC(=O)CCc1ccc(F)cc1OC(F)(F)F. The van der Waals surface area contributed by atoms with Gasteiger partial charge in [0, 0.05) is 12.5 Å². The Bertz CT molecular complexity index is 429. The summed E-state index contributed by atoms with van der Waals surface area (Å²) in [6.45, 7) is 0. The zero-order valence-electron chi connectivity index (χ0n) is 9.38. The highest BCUT2D eigenvalue weighted by Crippen LogP contribution is 2.28. The molecule has 3 nitrogen and oxygen atoms in total. The van der Waals surface area contributed by atoms with Crippen LogP contribution in [0.25, 0.3) is 0 Å². The summed E-state index contributed by atoms with van der Waals surface area (Å²) >= 11 is 0. The second-order valence-electron chi connectivity index (χ2n) is 3.38. The molecule has 0 spiro atoms. The number of ether oxygens (including phenoxy) is 2. The van der Waals surface area contributed by atoms with E-state index in [2.05, 4.69) is 9.47 Å². The number of aryl methyl sites for hydroxylation is 1. The van der Waals surface area contributed by atoms with Crippen molar-refractivity contribution in [3.63, 3.8) is 0 Å². The van der Waals surface area contributed by atoms with E-state index in [1.165, 1.54) is 7.11 Å². The van der Waals surface area contributed by atoms with Crippen molar-refractivity contribution in [1.82, 2.24) is 0 Å².